The topological polar surface area (TPSA) is 86.7 Å². The summed E-state index contributed by atoms with van der Waals surface area (Å²) < 4.78 is 27.4. The van der Waals surface area contributed by atoms with Crippen molar-refractivity contribution in [3.05, 3.63) is 23.8 Å². The fourth-order valence-corrected chi connectivity index (χ4v) is 4.22. The molecule has 23 heavy (non-hydrogen) atoms. The van der Waals surface area contributed by atoms with E-state index in [4.69, 9.17) is 0 Å². The van der Waals surface area contributed by atoms with Crippen LogP contribution in [0.25, 0.3) is 0 Å². The lowest BCUT2D eigenvalue weighted by molar-refractivity contribution is 0.0697. The largest absolute Gasteiger partial charge is 0.478 e. The number of hydrogen-bond donors (Lipinski definition) is 2. The van der Waals surface area contributed by atoms with E-state index >= 15 is 0 Å². The molecule has 0 bridgehead atoms. The van der Waals surface area contributed by atoms with Gasteiger partial charge in [0.25, 0.3) is 0 Å². The predicted octanol–water partition coefficient (Wildman–Crippen LogP) is 2.45. The fraction of sp³-hybridized carbons (Fsp3) is 0.562. The van der Waals surface area contributed by atoms with Gasteiger partial charge in [0.05, 0.1) is 16.1 Å². The Bertz CT molecular complexity index is 667. The third kappa shape index (κ3) is 4.23. The number of carboxylic acids is 1. The van der Waals surface area contributed by atoms with Crippen molar-refractivity contribution < 1.29 is 18.3 Å². The van der Waals surface area contributed by atoms with Gasteiger partial charge in [-0.05, 0) is 44.4 Å². The van der Waals surface area contributed by atoms with Gasteiger partial charge in [-0.1, -0.05) is 13.3 Å². The average Bonchev–Trinajstić information content (AvgIpc) is 3.00. The number of carboxylic acid groups (broad SMARTS) is 1. The zero-order valence-corrected chi connectivity index (χ0v) is 14.4. The summed E-state index contributed by atoms with van der Waals surface area (Å²) in [6.07, 6.45) is 3.65. The van der Waals surface area contributed by atoms with Crippen LogP contribution in [0.4, 0.5) is 5.69 Å². The van der Waals surface area contributed by atoms with Crippen LogP contribution in [0, 0.1) is 0 Å². The molecular formula is C16H24N2O4S. The van der Waals surface area contributed by atoms with Crippen molar-refractivity contribution >= 4 is 21.7 Å². The van der Waals surface area contributed by atoms with Crippen molar-refractivity contribution in [2.45, 2.75) is 50.5 Å². The van der Waals surface area contributed by atoms with Gasteiger partial charge in [-0.2, -0.15) is 0 Å². The molecule has 0 aliphatic carbocycles. The number of nitrogens with one attached hydrogen (secondary N) is 1. The molecule has 1 aliphatic rings. The Hall–Kier alpha value is -1.60. The number of sulfonamides is 1. The number of rotatable bonds is 7. The Morgan fingerprint density at radius 2 is 2.00 bits per heavy atom. The molecule has 7 heteroatoms. The van der Waals surface area contributed by atoms with E-state index in [1.54, 1.807) is 13.0 Å². The van der Waals surface area contributed by atoms with Crippen LogP contribution in [0.2, 0.25) is 0 Å². The minimum Gasteiger partial charge on any atom is -0.478 e. The summed E-state index contributed by atoms with van der Waals surface area (Å²) in [5, 5.41) is 9.44. The minimum absolute atomic E-state index is 0.000741. The summed E-state index contributed by atoms with van der Waals surface area (Å²) in [7, 11) is -3.71. The molecule has 128 valence electrons. The first-order valence-electron chi connectivity index (χ1n) is 7.99. The van der Waals surface area contributed by atoms with Crippen LogP contribution in [0.5, 0.6) is 0 Å². The molecular weight excluding hydrogens is 316 g/mol. The average molecular weight is 340 g/mol. The van der Waals surface area contributed by atoms with Crippen molar-refractivity contribution in [1.29, 1.82) is 0 Å². The van der Waals surface area contributed by atoms with E-state index in [2.05, 4.69) is 4.72 Å². The maximum atomic E-state index is 12.4. The molecule has 1 fully saturated rings. The second kappa shape index (κ2) is 7.31. The lowest BCUT2D eigenvalue weighted by Crippen LogP contribution is -2.32. The standard InChI is InChI=1S/C16H24N2O4S/c1-3-6-12(2)17-23(21,22)13-7-8-15(14(11-13)16(19)20)18-9-4-5-10-18/h7-8,11-12,17H,3-6,9-10H2,1-2H3,(H,19,20)/t12-/m1/s1. The molecule has 1 aromatic rings. The van der Waals surface area contributed by atoms with Gasteiger partial charge in [-0.3, -0.25) is 0 Å². The maximum absolute atomic E-state index is 12.4. The highest BCUT2D eigenvalue weighted by atomic mass is 32.2. The molecule has 1 saturated heterocycles. The van der Waals surface area contributed by atoms with E-state index < -0.39 is 16.0 Å². The van der Waals surface area contributed by atoms with Crippen LogP contribution in [0.3, 0.4) is 0 Å². The molecule has 6 nitrogen and oxygen atoms in total. The lowest BCUT2D eigenvalue weighted by atomic mass is 10.1. The van der Waals surface area contributed by atoms with Gasteiger partial charge in [0.2, 0.25) is 10.0 Å². The second-order valence-corrected chi connectivity index (χ2v) is 7.70. The molecule has 0 saturated carbocycles. The molecule has 1 atom stereocenters. The van der Waals surface area contributed by atoms with Crippen LogP contribution in [0.15, 0.2) is 23.1 Å². The number of hydrogen-bond acceptors (Lipinski definition) is 4. The number of aromatic carboxylic acids is 1. The van der Waals surface area contributed by atoms with Crippen molar-refractivity contribution in [3.63, 3.8) is 0 Å². The SMILES string of the molecule is CCC[C@@H](C)NS(=O)(=O)c1ccc(N2CCCC2)c(C(=O)O)c1. The summed E-state index contributed by atoms with van der Waals surface area (Å²) in [5.74, 6) is -1.11. The van der Waals surface area contributed by atoms with E-state index in [-0.39, 0.29) is 16.5 Å². The number of nitrogens with zero attached hydrogens (tertiary/aromatic N) is 1. The van der Waals surface area contributed by atoms with E-state index in [9.17, 15) is 18.3 Å². The van der Waals surface area contributed by atoms with Gasteiger partial charge < -0.3 is 10.0 Å². The van der Waals surface area contributed by atoms with Gasteiger partial charge in [-0.25, -0.2) is 17.9 Å². The minimum atomic E-state index is -3.71. The maximum Gasteiger partial charge on any atom is 0.337 e. The zero-order valence-electron chi connectivity index (χ0n) is 13.6. The Balaban J connectivity index is 2.33. The fourth-order valence-electron chi connectivity index (χ4n) is 2.91. The quantitative estimate of drug-likeness (QED) is 0.796. The van der Waals surface area contributed by atoms with Gasteiger partial charge in [-0.15, -0.1) is 0 Å². The highest BCUT2D eigenvalue weighted by molar-refractivity contribution is 7.89. The van der Waals surface area contributed by atoms with Crippen molar-refractivity contribution in [2.75, 3.05) is 18.0 Å². The number of anilines is 1. The Labute approximate surface area is 137 Å². The lowest BCUT2D eigenvalue weighted by Gasteiger charge is -2.21. The molecule has 2 rings (SSSR count). The molecule has 2 N–H and O–H groups in total. The predicted molar refractivity (Wildman–Crippen MR) is 89.5 cm³/mol. The van der Waals surface area contributed by atoms with Crippen LogP contribution in [0.1, 0.15) is 49.9 Å². The summed E-state index contributed by atoms with van der Waals surface area (Å²) in [6, 6.07) is 4.17. The van der Waals surface area contributed by atoms with E-state index in [1.165, 1.54) is 12.1 Å². The molecule has 1 aromatic carbocycles. The van der Waals surface area contributed by atoms with Crippen LogP contribution in [-0.4, -0.2) is 38.6 Å². The zero-order chi connectivity index (χ0) is 17.0. The van der Waals surface area contributed by atoms with Crippen molar-refractivity contribution in [3.8, 4) is 0 Å². The Morgan fingerprint density at radius 3 is 2.57 bits per heavy atom. The highest BCUT2D eigenvalue weighted by Gasteiger charge is 2.23. The smallest absolute Gasteiger partial charge is 0.337 e. The molecule has 0 amide bonds. The van der Waals surface area contributed by atoms with Crippen molar-refractivity contribution in [1.82, 2.24) is 4.72 Å². The molecule has 0 unspecified atom stereocenters. The van der Waals surface area contributed by atoms with Crippen LogP contribution >= 0.6 is 0 Å². The van der Waals surface area contributed by atoms with Gasteiger partial charge >= 0.3 is 5.97 Å². The van der Waals surface area contributed by atoms with Crippen molar-refractivity contribution in [2.24, 2.45) is 0 Å². The first-order valence-corrected chi connectivity index (χ1v) is 9.48. The third-order valence-corrected chi connectivity index (χ3v) is 5.62. The summed E-state index contributed by atoms with van der Waals surface area (Å²) in [4.78, 5) is 13.5. The molecule has 1 heterocycles. The van der Waals surface area contributed by atoms with E-state index in [0.717, 1.165) is 38.8 Å². The van der Waals surface area contributed by atoms with E-state index in [0.29, 0.717) is 5.69 Å². The normalized spacial score (nSPS) is 16.5. The van der Waals surface area contributed by atoms with Crippen LogP contribution in [-0.2, 0) is 10.0 Å². The Morgan fingerprint density at radius 1 is 1.35 bits per heavy atom. The molecule has 0 aromatic heterocycles. The second-order valence-electron chi connectivity index (χ2n) is 5.99. The van der Waals surface area contributed by atoms with Crippen LogP contribution < -0.4 is 9.62 Å². The molecule has 0 radical (unpaired) electrons. The summed E-state index contributed by atoms with van der Waals surface area (Å²) in [5.41, 5.74) is 0.633. The summed E-state index contributed by atoms with van der Waals surface area (Å²) in [6.45, 7) is 5.40. The van der Waals surface area contributed by atoms with Gasteiger partial charge in [0.15, 0.2) is 0 Å². The number of carbonyl (C=O) groups is 1. The first kappa shape index (κ1) is 17.7. The van der Waals surface area contributed by atoms with Gasteiger partial charge in [0.1, 0.15) is 0 Å². The van der Waals surface area contributed by atoms with Gasteiger partial charge in [0, 0.05) is 19.1 Å². The Kier molecular flexibility index (Phi) is 5.64. The molecule has 1 aliphatic heterocycles. The third-order valence-electron chi connectivity index (χ3n) is 4.03. The highest BCUT2D eigenvalue weighted by Crippen LogP contribution is 2.27. The molecule has 0 spiro atoms. The van der Waals surface area contributed by atoms with E-state index in [1.807, 2.05) is 11.8 Å². The first-order chi connectivity index (χ1) is 10.8. The summed E-state index contributed by atoms with van der Waals surface area (Å²) >= 11 is 0. The number of benzene rings is 1. The monoisotopic (exact) mass is 340 g/mol.